The second-order valence-electron chi connectivity index (χ2n) is 4.78. The summed E-state index contributed by atoms with van der Waals surface area (Å²) < 4.78 is 0. The summed E-state index contributed by atoms with van der Waals surface area (Å²) in [6.45, 7) is 2.79. The normalized spacial score (nSPS) is 14.7. The molecule has 0 atom stereocenters. The summed E-state index contributed by atoms with van der Waals surface area (Å²) in [6.07, 6.45) is 2.31. The second-order valence-corrected chi connectivity index (χ2v) is 6.48. The number of thiophene rings is 2. The minimum absolute atomic E-state index is 0.196. The molecule has 94 valence electrons. The van der Waals surface area contributed by atoms with Gasteiger partial charge in [0.05, 0.1) is 4.88 Å². The SMILES string of the molecule is Cc1csc(C(=O)N(Cc2ccsc2)C2CC2)c1. The molecule has 1 amide bonds. The third-order valence-electron chi connectivity index (χ3n) is 3.12. The van der Waals surface area contributed by atoms with Gasteiger partial charge in [-0.25, -0.2) is 0 Å². The molecule has 0 aromatic carbocycles. The van der Waals surface area contributed by atoms with Crippen molar-refractivity contribution < 1.29 is 4.79 Å². The lowest BCUT2D eigenvalue weighted by atomic mass is 10.2. The van der Waals surface area contributed by atoms with E-state index in [4.69, 9.17) is 0 Å². The molecule has 0 aliphatic heterocycles. The Hall–Kier alpha value is -1.13. The number of rotatable bonds is 4. The Balaban J connectivity index is 1.79. The summed E-state index contributed by atoms with van der Waals surface area (Å²) in [5, 5.41) is 6.24. The van der Waals surface area contributed by atoms with Crippen LogP contribution in [-0.2, 0) is 6.54 Å². The highest BCUT2D eigenvalue weighted by molar-refractivity contribution is 7.12. The Morgan fingerprint density at radius 3 is 2.83 bits per heavy atom. The molecule has 0 radical (unpaired) electrons. The van der Waals surface area contributed by atoms with E-state index in [1.54, 1.807) is 22.7 Å². The first kappa shape index (κ1) is 11.9. The third kappa shape index (κ3) is 2.49. The molecule has 1 aliphatic rings. The van der Waals surface area contributed by atoms with Gasteiger partial charge in [0.15, 0.2) is 0 Å². The van der Waals surface area contributed by atoms with E-state index in [0.29, 0.717) is 6.04 Å². The predicted octanol–water partition coefficient (Wildman–Crippen LogP) is 3.92. The van der Waals surface area contributed by atoms with Crippen molar-refractivity contribution in [3.05, 3.63) is 44.3 Å². The fourth-order valence-electron chi connectivity index (χ4n) is 2.02. The van der Waals surface area contributed by atoms with Crippen LogP contribution in [-0.4, -0.2) is 16.8 Å². The lowest BCUT2D eigenvalue weighted by molar-refractivity contribution is 0.0735. The van der Waals surface area contributed by atoms with E-state index in [-0.39, 0.29) is 5.91 Å². The number of hydrogen-bond acceptors (Lipinski definition) is 3. The zero-order valence-corrected chi connectivity index (χ0v) is 11.9. The highest BCUT2D eigenvalue weighted by Crippen LogP contribution is 2.31. The van der Waals surface area contributed by atoms with Crippen molar-refractivity contribution in [3.8, 4) is 0 Å². The van der Waals surface area contributed by atoms with Crippen molar-refractivity contribution in [1.82, 2.24) is 4.90 Å². The Morgan fingerprint density at radius 2 is 2.28 bits per heavy atom. The minimum Gasteiger partial charge on any atom is -0.331 e. The maximum atomic E-state index is 12.5. The van der Waals surface area contributed by atoms with Crippen LogP contribution in [0.3, 0.4) is 0 Å². The number of aryl methyl sites for hydroxylation is 1. The average Bonchev–Trinajstić information content (AvgIpc) is 2.88. The Kier molecular flexibility index (Phi) is 3.22. The van der Waals surface area contributed by atoms with Gasteiger partial charge >= 0.3 is 0 Å². The first-order valence-corrected chi connectivity index (χ1v) is 7.93. The van der Waals surface area contributed by atoms with Gasteiger partial charge in [0.25, 0.3) is 5.91 Å². The maximum absolute atomic E-state index is 12.5. The quantitative estimate of drug-likeness (QED) is 0.829. The summed E-state index contributed by atoms with van der Waals surface area (Å²) in [4.78, 5) is 15.4. The van der Waals surface area contributed by atoms with Gasteiger partial charge in [-0.3, -0.25) is 4.79 Å². The van der Waals surface area contributed by atoms with Gasteiger partial charge in [0.1, 0.15) is 0 Å². The predicted molar refractivity (Wildman–Crippen MR) is 76.3 cm³/mol. The molecule has 0 unspecified atom stereocenters. The van der Waals surface area contributed by atoms with Crippen molar-refractivity contribution in [2.75, 3.05) is 0 Å². The fourth-order valence-corrected chi connectivity index (χ4v) is 3.53. The molecule has 0 saturated heterocycles. The molecule has 2 aromatic heterocycles. The van der Waals surface area contributed by atoms with Gasteiger partial charge in [0.2, 0.25) is 0 Å². The summed E-state index contributed by atoms with van der Waals surface area (Å²) >= 11 is 3.25. The van der Waals surface area contributed by atoms with Gasteiger partial charge in [-0.2, -0.15) is 11.3 Å². The van der Waals surface area contributed by atoms with E-state index in [1.807, 2.05) is 23.3 Å². The van der Waals surface area contributed by atoms with Crippen LogP contribution in [0.15, 0.2) is 28.3 Å². The lowest BCUT2D eigenvalue weighted by Gasteiger charge is -2.21. The first-order valence-electron chi connectivity index (χ1n) is 6.11. The Morgan fingerprint density at radius 1 is 1.44 bits per heavy atom. The van der Waals surface area contributed by atoms with Gasteiger partial charge < -0.3 is 4.90 Å². The van der Waals surface area contributed by atoms with E-state index in [2.05, 4.69) is 16.8 Å². The number of amides is 1. The zero-order chi connectivity index (χ0) is 12.5. The summed E-state index contributed by atoms with van der Waals surface area (Å²) in [5.74, 6) is 0.196. The number of carbonyl (C=O) groups excluding carboxylic acids is 1. The highest BCUT2D eigenvalue weighted by atomic mass is 32.1. The topological polar surface area (TPSA) is 20.3 Å². The highest BCUT2D eigenvalue weighted by Gasteiger charge is 2.33. The molecule has 4 heteroatoms. The van der Waals surface area contributed by atoms with Crippen LogP contribution in [0.1, 0.15) is 33.6 Å². The number of nitrogens with zero attached hydrogens (tertiary/aromatic N) is 1. The molecule has 2 aromatic rings. The molecule has 0 N–H and O–H groups in total. The third-order valence-corrected chi connectivity index (χ3v) is 4.89. The van der Waals surface area contributed by atoms with E-state index >= 15 is 0 Å². The van der Waals surface area contributed by atoms with E-state index < -0.39 is 0 Å². The average molecular weight is 277 g/mol. The van der Waals surface area contributed by atoms with E-state index in [9.17, 15) is 4.79 Å². The number of carbonyl (C=O) groups is 1. The molecular formula is C14H15NOS2. The molecule has 3 rings (SSSR count). The van der Waals surface area contributed by atoms with Crippen LogP contribution in [0.4, 0.5) is 0 Å². The fraction of sp³-hybridized carbons (Fsp3) is 0.357. The van der Waals surface area contributed by atoms with Crippen LogP contribution < -0.4 is 0 Å². The molecule has 0 spiro atoms. The molecule has 1 aliphatic carbocycles. The van der Waals surface area contributed by atoms with Crippen molar-refractivity contribution in [2.24, 2.45) is 0 Å². The van der Waals surface area contributed by atoms with Crippen molar-refractivity contribution in [2.45, 2.75) is 32.4 Å². The minimum atomic E-state index is 0.196. The van der Waals surface area contributed by atoms with Crippen molar-refractivity contribution in [3.63, 3.8) is 0 Å². The first-order chi connectivity index (χ1) is 8.74. The van der Waals surface area contributed by atoms with E-state index in [0.717, 1.165) is 24.3 Å². The standard InChI is InChI=1S/C14H15NOS2/c1-10-6-13(18-8-10)14(16)15(12-2-3-12)7-11-4-5-17-9-11/h4-6,8-9,12H,2-3,7H2,1H3. The molecule has 2 heterocycles. The molecule has 2 nitrogen and oxygen atoms in total. The van der Waals surface area contributed by atoms with Crippen molar-refractivity contribution in [1.29, 1.82) is 0 Å². The largest absolute Gasteiger partial charge is 0.331 e. The van der Waals surface area contributed by atoms with Gasteiger partial charge in [0, 0.05) is 12.6 Å². The van der Waals surface area contributed by atoms with Gasteiger partial charge in [-0.1, -0.05) is 0 Å². The summed E-state index contributed by atoms with van der Waals surface area (Å²) in [6, 6.07) is 4.56. The Labute approximate surface area is 115 Å². The second kappa shape index (κ2) is 4.86. The van der Waals surface area contributed by atoms with Crippen LogP contribution in [0.2, 0.25) is 0 Å². The molecule has 18 heavy (non-hydrogen) atoms. The van der Waals surface area contributed by atoms with Gasteiger partial charge in [-0.05, 0) is 59.2 Å². The smallest absolute Gasteiger partial charge is 0.264 e. The maximum Gasteiger partial charge on any atom is 0.264 e. The summed E-state index contributed by atoms with van der Waals surface area (Å²) in [7, 11) is 0. The van der Waals surface area contributed by atoms with Gasteiger partial charge in [-0.15, -0.1) is 11.3 Å². The molecule has 1 saturated carbocycles. The van der Waals surface area contributed by atoms with Crippen molar-refractivity contribution >= 4 is 28.6 Å². The van der Waals surface area contributed by atoms with Crippen LogP contribution in [0.25, 0.3) is 0 Å². The van der Waals surface area contributed by atoms with Crippen LogP contribution in [0, 0.1) is 6.92 Å². The monoisotopic (exact) mass is 277 g/mol. The molecule has 1 fully saturated rings. The van der Waals surface area contributed by atoms with E-state index in [1.165, 1.54) is 11.1 Å². The van der Waals surface area contributed by atoms with Crippen LogP contribution in [0.5, 0.6) is 0 Å². The molecular weight excluding hydrogens is 262 g/mol. The Bertz CT molecular complexity index is 540. The molecule has 0 bridgehead atoms. The number of hydrogen-bond donors (Lipinski definition) is 0. The zero-order valence-electron chi connectivity index (χ0n) is 10.3. The summed E-state index contributed by atoms with van der Waals surface area (Å²) in [5.41, 5.74) is 2.42. The lowest BCUT2D eigenvalue weighted by Crippen LogP contribution is -2.31. The van der Waals surface area contributed by atoms with Crippen LogP contribution >= 0.6 is 22.7 Å².